The smallest absolute Gasteiger partial charge is 0.0963 e. The average molecular weight is 591 g/mol. The van der Waals surface area contributed by atoms with Gasteiger partial charge in [0.25, 0.3) is 0 Å². The molecular formula is C42H26N2S. The molecule has 210 valence electrons. The van der Waals surface area contributed by atoms with Crippen LogP contribution in [-0.4, -0.2) is 9.55 Å². The van der Waals surface area contributed by atoms with Gasteiger partial charge >= 0.3 is 0 Å². The molecule has 0 amide bonds. The zero-order valence-electron chi connectivity index (χ0n) is 24.3. The van der Waals surface area contributed by atoms with Crippen LogP contribution in [0.4, 0.5) is 0 Å². The minimum absolute atomic E-state index is 0.447. The third kappa shape index (κ3) is 3.25. The van der Waals surface area contributed by atoms with Crippen LogP contribution in [0.5, 0.6) is 0 Å². The Morgan fingerprint density at radius 3 is 2.04 bits per heavy atom. The third-order valence-corrected chi connectivity index (χ3v) is 10.9. The van der Waals surface area contributed by atoms with E-state index in [9.17, 15) is 0 Å². The minimum atomic E-state index is -0.447. The number of aromatic nitrogens is 2. The monoisotopic (exact) mass is 590 g/mol. The Bertz CT molecular complexity index is 2550. The van der Waals surface area contributed by atoms with E-state index >= 15 is 0 Å². The van der Waals surface area contributed by atoms with E-state index in [-0.39, 0.29) is 0 Å². The van der Waals surface area contributed by atoms with Crippen LogP contribution in [0.3, 0.4) is 0 Å². The topological polar surface area (TPSA) is 17.8 Å². The summed E-state index contributed by atoms with van der Waals surface area (Å²) in [6.45, 7) is 0. The fourth-order valence-corrected chi connectivity index (χ4v) is 9.14. The van der Waals surface area contributed by atoms with Crippen molar-refractivity contribution in [2.45, 2.75) is 5.41 Å². The Morgan fingerprint density at radius 1 is 0.511 bits per heavy atom. The van der Waals surface area contributed by atoms with Gasteiger partial charge < -0.3 is 4.57 Å². The highest BCUT2D eigenvalue weighted by molar-refractivity contribution is 7.26. The van der Waals surface area contributed by atoms with Crippen molar-refractivity contribution in [3.63, 3.8) is 0 Å². The van der Waals surface area contributed by atoms with Gasteiger partial charge in [-0.25, -0.2) is 0 Å². The molecule has 0 N–H and O–H groups in total. The zero-order chi connectivity index (χ0) is 29.5. The second kappa shape index (κ2) is 9.25. The molecule has 45 heavy (non-hydrogen) atoms. The van der Waals surface area contributed by atoms with E-state index in [0.717, 1.165) is 11.0 Å². The molecule has 0 unspecified atom stereocenters. The average Bonchev–Trinajstić information content (AvgIpc) is 3.74. The quantitative estimate of drug-likeness (QED) is 0.200. The van der Waals surface area contributed by atoms with Crippen LogP contribution in [0, 0.1) is 0 Å². The maximum absolute atomic E-state index is 5.03. The molecule has 3 heterocycles. The Labute approximate surface area is 264 Å². The van der Waals surface area contributed by atoms with Gasteiger partial charge in [0.1, 0.15) is 0 Å². The van der Waals surface area contributed by atoms with Crippen molar-refractivity contribution in [1.82, 2.24) is 9.55 Å². The van der Waals surface area contributed by atoms with Crippen molar-refractivity contribution < 1.29 is 0 Å². The summed E-state index contributed by atoms with van der Waals surface area (Å²) in [5.41, 5.74) is 11.8. The highest BCUT2D eigenvalue weighted by Crippen LogP contribution is 2.57. The van der Waals surface area contributed by atoms with E-state index in [2.05, 4.69) is 156 Å². The van der Waals surface area contributed by atoms with Crippen LogP contribution >= 0.6 is 11.3 Å². The van der Waals surface area contributed by atoms with Crippen molar-refractivity contribution in [3.8, 4) is 16.8 Å². The van der Waals surface area contributed by atoms with Gasteiger partial charge in [0.05, 0.1) is 32.4 Å². The molecule has 0 atom stereocenters. The standard InChI is InChI=1S/C42H26N2S/c1-3-13-27(14-4-1)42(28-15-5-2-6-16-28)34-20-9-7-17-29(34)32-26-38-33(25-35(32)42)40-36(22-12-24-43-40)44(38)37-21-11-19-31-30-18-8-10-23-39(30)45-41(31)37/h1-26H. The van der Waals surface area contributed by atoms with Crippen molar-refractivity contribution in [3.05, 3.63) is 180 Å². The van der Waals surface area contributed by atoms with Gasteiger partial charge in [-0.3, -0.25) is 4.98 Å². The lowest BCUT2D eigenvalue weighted by atomic mass is 9.67. The van der Waals surface area contributed by atoms with Gasteiger partial charge in [-0.2, -0.15) is 0 Å². The Morgan fingerprint density at radius 2 is 1.22 bits per heavy atom. The Kier molecular flexibility index (Phi) is 5.11. The molecular weight excluding hydrogens is 565 g/mol. The lowest BCUT2D eigenvalue weighted by molar-refractivity contribution is 0.769. The maximum atomic E-state index is 5.03. The molecule has 0 fully saturated rings. The first-order valence-corrected chi connectivity index (χ1v) is 16.2. The third-order valence-electron chi connectivity index (χ3n) is 9.72. The van der Waals surface area contributed by atoms with Crippen LogP contribution in [0.25, 0.3) is 58.9 Å². The highest BCUT2D eigenvalue weighted by Gasteiger charge is 2.46. The van der Waals surface area contributed by atoms with Crippen LogP contribution in [0.15, 0.2) is 158 Å². The maximum Gasteiger partial charge on any atom is 0.0963 e. The molecule has 6 aromatic carbocycles. The van der Waals surface area contributed by atoms with Gasteiger partial charge in [-0.1, -0.05) is 115 Å². The first-order valence-electron chi connectivity index (χ1n) is 15.4. The van der Waals surface area contributed by atoms with Crippen LogP contribution in [-0.2, 0) is 5.41 Å². The SMILES string of the molecule is c1ccc(C2(c3ccccc3)c3ccccc3-c3cc4c(cc32)c2ncccc2n4-c2cccc3c2sc2ccccc23)cc1. The van der Waals surface area contributed by atoms with Gasteiger partial charge in [-0.05, 0) is 69.8 Å². The summed E-state index contributed by atoms with van der Waals surface area (Å²) in [5, 5.41) is 3.78. The van der Waals surface area contributed by atoms with Gasteiger partial charge in [0.2, 0.25) is 0 Å². The summed E-state index contributed by atoms with van der Waals surface area (Å²) >= 11 is 1.87. The van der Waals surface area contributed by atoms with E-state index in [1.54, 1.807) is 0 Å². The lowest BCUT2D eigenvalue weighted by Crippen LogP contribution is -2.28. The summed E-state index contributed by atoms with van der Waals surface area (Å²) in [4.78, 5) is 5.03. The fourth-order valence-electron chi connectivity index (χ4n) is 7.93. The largest absolute Gasteiger partial charge is 0.306 e. The summed E-state index contributed by atoms with van der Waals surface area (Å²) in [5.74, 6) is 0. The summed E-state index contributed by atoms with van der Waals surface area (Å²) in [6, 6.07) is 55.6. The van der Waals surface area contributed by atoms with Crippen molar-refractivity contribution in [2.75, 3.05) is 0 Å². The predicted octanol–water partition coefficient (Wildman–Crippen LogP) is 10.9. The molecule has 2 nitrogen and oxygen atoms in total. The fraction of sp³-hybridized carbons (Fsp3) is 0.0238. The second-order valence-electron chi connectivity index (χ2n) is 11.9. The number of rotatable bonds is 3. The van der Waals surface area contributed by atoms with Crippen LogP contribution in [0.1, 0.15) is 22.3 Å². The zero-order valence-corrected chi connectivity index (χ0v) is 25.1. The molecule has 0 bridgehead atoms. The van der Waals surface area contributed by atoms with Gasteiger partial charge in [0.15, 0.2) is 0 Å². The predicted molar refractivity (Wildman–Crippen MR) is 189 cm³/mol. The number of hydrogen-bond donors (Lipinski definition) is 0. The molecule has 1 aliphatic carbocycles. The molecule has 3 aromatic heterocycles. The summed E-state index contributed by atoms with van der Waals surface area (Å²) in [6.07, 6.45) is 1.93. The molecule has 0 radical (unpaired) electrons. The van der Waals surface area contributed by atoms with Crippen LogP contribution in [0.2, 0.25) is 0 Å². The molecule has 0 saturated heterocycles. The minimum Gasteiger partial charge on any atom is -0.306 e. The molecule has 0 aliphatic heterocycles. The summed E-state index contributed by atoms with van der Waals surface area (Å²) < 4.78 is 5.05. The Hall–Kier alpha value is -5.51. The lowest BCUT2D eigenvalue weighted by Gasteiger charge is -2.33. The molecule has 1 aliphatic rings. The van der Waals surface area contributed by atoms with E-state index in [1.165, 1.54) is 70.1 Å². The number of pyridine rings is 1. The Balaban J connectivity index is 1.37. The number of benzene rings is 6. The first kappa shape index (κ1) is 24.9. The van der Waals surface area contributed by atoms with E-state index in [4.69, 9.17) is 4.98 Å². The van der Waals surface area contributed by atoms with E-state index in [1.807, 2.05) is 17.5 Å². The number of thiophene rings is 1. The highest BCUT2D eigenvalue weighted by atomic mass is 32.1. The molecule has 0 spiro atoms. The van der Waals surface area contributed by atoms with E-state index < -0.39 is 5.41 Å². The van der Waals surface area contributed by atoms with Gasteiger partial charge in [-0.15, -0.1) is 11.3 Å². The number of hydrogen-bond acceptors (Lipinski definition) is 2. The number of nitrogens with zero attached hydrogens (tertiary/aromatic N) is 2. The van der Waals surface area contributed by atoms with Crippen molar-refractivity contribution in [1.29, 1.82) is 0 Å². The normalized spacial score (nSPS) is 13.5. The number of fused-ring (bicyclic) bond motifs is 9. The van der Waals surface area contributed by atoms with Crippen molar-refractivity contribution >= 4 is 53.4 Å². The van der Waals surface area contributed by atoms with Crippen LogP contribution < -0.4 is 0 Å². The van der Waals surface area contributed by atoms with Crippen molar-refractivity contribution in [2.24, 2.45) is 0 Å². The molecule has 9 aromatic rings. The second-order valence-corrected chi connectivity index (χ2v) is 13.0. The van der Waals surface area contributed by atoms with E-state index in [0.29, 0.717) is 0 Å². The molecule has 0 saturated carbocycles. The molecule has 3 heteroatoms. The summed E-state index contributed by atoms with van der Waals surface area (Å²) in [7, 11) is 0. The molecule has 10 rings (SSSR count). The van der Waals surface area contributed by atoms with Gasteiger partial charge in [0, 0.05) is 27.1 Å². The first-order chi connectivity index (χ1) is 22.3.